The minimum absolute atomic E-state index is 0.227. The topological polar surface area (TPSA) is 62.2 Å². The summed E-state index contributed by atoms with van der Waals surface area (Å²) >= 11 is 0. The molecule has 2 saturated heterocycles. The molecule has 6 nitrogen and oxygen atoms in total. The SMILES string of the molecule is O=C(OCc1ccccc1)N1CCC(OC2CCN(CCO)CC2)CC1. The van der Waals surface area contributed by atoms with Crippen LogP contribution in [0.25, 0.3) is 0 Å². The molecule has 1 amide bonds. The quantitative estimate of drug-likeness (QED) is 0.841. The first-order valence-corrected chi connectivity index (χ1v) is 9.69. The van der Waals surface area contributed by atoms with Crippen molar-refractivity contribution >= 4 is 6.09 Å². The molecule has 2 aliphatic heterocycles. The highest BCUT2D eigenvalue weighted by Gasteiger charge is 2.27. The molecule has 0 bridgehead atoms. The number of β-amino-alcohol motifs (C(OH)–C–C–N with tert-alkyl or cyclic N) is 1. The average Bonchev–Trinajstić information content (AvgIpc) is 2.69. The zero-order valence-electron chi connectivity index (χ0n) is 15.4. The Morgan fingerprint density at radius 3 is 2.23 bits per heavy atom. The average molecular weight is 362 g/mol. The molecule has 1 aromatic carbocycles. The highest BCUT2D eigenvalue weighted by atomic mass is 16.6. The molecule has 26 heavy (non-hydrogen) atoms. The predicted molar refractivity (Wildman–Crippen MR) is 98.9 cm³/mol. The zero-order chi connectivity index (χ0) is 18.2. The molecule has 1 N–H and O–H groups in total. The Hall–Kier alpha value is -1.63. The van der Waals surface area contributed by atoms with E-state index in [1.165, 1.54) is 0 Å². The van der Waals surface area contributed by atoms with E-state index in [1.54, 1.807) is 4.90 Å². The molecular weight excluding hydrogens is 332 g/mol. The van der Waals surface area contributed by atoms with Crippen LogP contribution in [0.1, 0.15) is 31.2 Å². The molecule has 6 heteroatoms. The Bertz CT molecular complexity index is 538. The van der Waals surface area contributed by atoms with Gasteiger partial charge in [0.05, 0.1) is 18.8 Å². The maximum Gasteiger partial charge on any atom is 0.410 e. The summed E-state index contributed by atoms with van der Waals surface area (Å²) in [5.41, 5.74) is 1.01. The van der Waals surface area contributed by atoms with E-state index in [9.17, 15) is 4.79 Å². The fraction of sp³-hybridized carbons (Fsp3) is 0.650. The number of nitrogens with zero attached hydrogens (tertiary/aromatic N) is 2. The summed E-state index contributed by atoms with van der Waals surface area (Å²) in [6.07, 6.45) is 4.12. The van der Waals surface area contributed by atoms with E-state index in [-0.39, 0.29) is 18.8 Å². The number of ether oxygens (including phenoxy) is 2. The molecule has 0 aliphatic carbocycles. The van der Waals surface area contributed by atoms with Gasteiger partial charge in [-0.3, -0.25) is 0 Å². The van der Waals surface area contributed by atoms with E-state index in [4.69, 9.17) is 14.6 Å². The second-order valence-electron chi connectivity index (χ2n) is 7.13. The third kappa shape index (κ3) is 5.69. The molecule has 1 aromatic rings. The van der Waals surface area contributed by atoms with Gasteiger partial charge in [-0.1, -0.05) is 30.3 Å². The summed E-state index contributed by atoms with van der Waals surface area (Å²) in [4.78, 5) is 16.3. The van der Waals surface area contributed by atoms with E-state index in [2.05, 4.69) is 4.90 Å². The van der Waals surface area contributed by atoms with E-state index in [0.29, 0.717) is 25.8 Å². The molecule has 0 unspecified atom stereocenters. The van der Waals surface area contributed by atoms with Crippen molar-refractivity contribution in [1.82, 2.24) is 9.80 Å². The number of carbonyl (C=O) groups excluding carboxylic acids is 1. The van der Waals surface area contributed by atoms with Crippen molar-refractivity contribution in [3.8, 4) is 0 Å². The highest BCUT2D eigenvalue weighted by molar-refractivity contribution is 5.67. The van der Waals surface area contributed by atoms with Crippen molar-refractivity contribution in [3.63, 3.8) is 0 Å². The standard InChI is InChI=1S/C20H30N2O4/c23-15-14-21-10-6-18(7-11-21)26-19-8-12-22(13-9-19)20(24)25-16-17-4-2-1-3-5-17/h1-5,18-19,23H,6-16H2. The monoisotopic (exact) mass is 362 g/mol. The van der Waals surface area contributed by atoms with Crippen LogP contribution in [0.2, 0.25) is 0 Å². The number of amides is 1. The summed E-state index contributed by atoms with van der Waals surface area (Å²) in [6.45, 7) is 4.69. The van der Waals surface area contributed by atoms with Crippen molar-refractivity contribution in [2.45, 2.75) is 44.5 Å². The second-order valence-corrected chi connectivity index (χ2v) is 7.13. The lowest BCUT2D eigenvalue weighted by atomic mass is 10.0. The van der Waals surface area contributed by atoms with E-state index >= 15 is 0 Å². The first-order valence-electron chi connectivity index (χ1n) is 9.69. The van der Waals surface area contributed by atoms with Gasteiger partial charge in [0.2, 0.25) is 0 Å². The Kier molecular flexibility index (Phi) is 7.29. The van der Waals surface area contributed by atoms with Crippen molar-refractivity contribution < 1.29 is 19.4 Å². The second kappa shape index (κ2) is 9.90. The minimum atomic E-state index is -0.232. The van der Waals surface area contributed by atoms with Crippen LogP contribution in [0, 0.1) is 0 Å². The van der Waals surface area contributed by atoms with Crippen LogP contribution in [-0.4, -0.2) is 72.5 Å². The molecule has 0 spiro atoms. The summed E-state index contributed by atoms with van der Waals surface area (Å²) in [5.74, 6) is 0. The lowest BCUT2D eigenvalue weighted by molar-refractivity contribution is -0.0645. The molecule has 0 aromatic heterocycles. The molecule has 0 atom stereocenters. The van der Waals surface area contributed by atoms with Crippen LogP contribution in [0.5, 0.6) is 0 Å². The summed E-state index contributed by atoms with van der Waals surface area (Å²) < 4.78 is 11.7. The maximum absolute atomic E-state index is 12.2. The number of benzene rings is 1. The molecule has 3 rings (SSSR count). The lowest BCUT2D eigenvalue weighted by Crippen LogP contribution is -2.44. The van der Waals surface area contributed by atoms with Crippen LogP contribution in [-0.2, 0) is 16.1 Å². The number of hydrogen-bond donors (Lipinski definition) is 1. The number of hydrogen-bond acceptors (Lipinski definition) is 5. The summed E-state index contributed by atoms with van der Waals surface area (Å²) in [7, 11) is 0. The van der Waals surface area contributed by atoms with Crippen molar-refractivity contribution in [2.24, 2.45) is 0 Å². The van der Waals surface area contributed by atoms with Gasteiger partial charge >= 0.3 is 6.09 Å². The number of likely N-dealkylation sites (tertiary alicyclic amines) is 2. The molecule has 2 fully saturated rings. The first kappa shape index (κ1) is 19.1. The van der Waals surface area contributed by atoms with Gasteiger partial charge in [0.15, 0.2) is 0 Å². The molecule has 0 saturated carbocycles. The third-order valence-corrected chi connectivity index (χ3v) is 5.24. The Morgan fingerprint density at radius 1 is 1.00 bits per heavy atom. The van der Waals surface area contributed by atoms with Crippen molar-refractivity contribution in [3.05, 3.63) is 35.9 Å². The highest BCUT2D eigenvalue weighted by Crippen LogP contribution is 2.21. The van der Waals surface area contributed by atoms with E-state index < -0.39 is 0 Å². The summed E-state index contributed by atoms with van der Waals surface area (Å²) in [5, 5.41) is 9.00. The van der Waals surface area contributed by atoms with Gasteiger partial charge in [-0.2, -0.15) is 0 Å². The van der Waals surface area contributed by atoms with Gasteiger partial charge in [-0.25, -0.2) is 4.79 Å². The minimum Gasteiger partial charge on any atom is -0.445 e. The smallest absolute Gasteiger partial charge is 0.410 e. The molecule has 2 aliphatic rings. The zero-order valence-corrected chi connectivity index (χ0v) is 15.4. The molecular formula is C20H30N2O4. The van der Waals surface area contributed by atoms with Crippen LogP contribution in [0.4, 0.5) is 4.79 Å². The van der Waals surface area contributed by atoms with Gasteiger partial charge in [-0.05, 0) is 31.2 Å². The van der Waals surface area contributed by atoms with Crippen LogP contribution >= 0.6 is 0 Å². The third-order valence-electron chi connectivity index (χ3n) is 5.24. The van der Waals surface area contributed by atoms with Crippen molar-refractivity contribution in [1.29, 1.82) is 0 Å². The molecule has 144 valence electrons. The number of carbonyl (C=O) groups is 1. The summed E-state index contributed by atoms with van der Waals surface area (Å²) in [6, 6.07) is 9.76. The van der Waals surface area contributed by atoms with Gasteiger partial charge in [0.1, 0.15) is 6.61 Å². The van der Waals surface area contributed by atoms with Gasteiger partial charge in [-0.15, -0.1) is 0 Å². The number of aliphatic hydroxyl groups is 1. The fourth-order valence-electron chi connectivity index (χ4n) is 3.67. The van der Waals surface area contributed by atoms with E-state index in [0.717, 1.165) is 50.9 Å². The van der Waals surface area contributed by atoms with Crippen LogP contribution in [0.3, 0.4) is 0 Å². The maximum atomic E-state index is 12.2. The Labute approximate surface area is 155 Å². The van der Waals surface area contributed by atoms with Gasteiger partial charge in [0.25, 0.3) is 0 Å². The Balaban J connectivity index is 1.33. The predicted octanol–water partition coefficient (Wildman–Crippen LogP) is 2.26. The number of aliphatic hydroxyl groups excluding tert-OH is 1. The van der Waals surface area contributed by atoms with E-state index in [1.807, 2.05) is 30.3 Å². The van der Waals surface area contributed by atoms with Gasteiger partial charge in [0, 0.05) is 32.7 Å². The molecule has 0 radical (unpaired) electrons. The first-order chi connectivity index (χ1) is 12.7. The Morgan fingerprint density at radius 2 is 1.62 bits per heavy atom. The fourth-order valence-corrected chi connectivity index (χ4v) is 3.67. The van der Waals surface area contributed by atoms with Crippen molar-refractivity contribution in [2.75, 3.05) is 39.3 Å². The lowest BCUT2D eigenvalue weighted by Gasteiger charge is -2.36. The normalized spacial score (nSPS) is 20.3. The molecule has 2 heterocycles. The van der Waals surface area contributed by atoms with Gasteiger partial charge < -0.3 is 24.4 Å². The van der Waals surface area contributed by atoms with Crippen LogP contribution < -0.4 is 0 Å². The number of piperidine rings is 2. The van der Waals surface area contributed by atoms with Crippen LogP contribution in [0.15, 0.2) is 30.3 Å². The largest absolute Gasteiger partial charge is 0.445 e. The number of rotatable bonds is 6.